The van der Waals surface area contributed by atoms with Crippen molar-refractivity contribution in [3.63, 3.8) is 0 Å². The summed E-state index contributed by atoms with van der Waals surface area (Å²) in [6, 6.07) is 7.57. The van der Waals surface area contributed by atoms with Gasteiger partial charge in [-0.15, -0.1) is 0 Å². The first-order valence-corrected chi connectivity index (χ1v) is 8.86. The number of methoxy groups -OCH3 is 1. The fourth-order valence-electron chi connectivity index (χ4n) is 1.87. The van der Waals surface area contributed by atoms with E-state index < -0.39 is 10.0 Å². The minimum Gasteiger partial charge on any atom is -0.505 e. The molecule has 0 saturated heterocycles. The SMILES string of the molecule is COc1ccc(C)cc1S(=O)(=O)N/N=C/c1cc(Cl)c(O)c(Cl)c1. The molecular formula is C15H14Cl2N2O4S. The van der Waals surface area contributed by atoms with Crippen molar-refractivity contribution < 1.29 is 18.3 Å². The second-order valence-electron chi connectivity index (χ2n) is 4.84. The predicted molar refractivity (Wildman–Crippen MR) is 93.8 cm³/mol. The van der Waals surface area contributed by atoms with Crippen molar-refractivity contribution in [3.05, 3.63) is 51.5 Å². The molecule has 0 aliphatic heterocycles. The first-order valence-electron chi connectivity index (χ1n) is 6.62. The summed E-state index contributed by atoms with van der Waals surface area (Å²) in [5.41, 5.74) is 1.18. The molecular weight excluding hydrogens is 375 g/mol. The number of hydrogen-bond donors (Lipinski definition) is 2. The van der Waals surface area contributed by atoms with E-state index in [9.17, 15) is 13.5 Å². The number of phenolic OH excluding ortho intramolecular Hbond substituents is 1. The Labute approximate surface area is 149 Å². The summed E-state index contributed by atoms with van der Waals surface area (Å²) >= 11 is 11.6. The van der Waals surface area contributed by atoms with Gasteiger partial charge in [-0.25, -0.2) is 0 Å². The van der Waals surface area contributed by atoms with Crippen molar-refractivity contribution in [2.24, 2.45) is 5.10 Å². The molecule has 0 spiro atoms. The van der Waals surface area contributed by atoms with Crippen molar-refractivity contribution in [1.29, 1.82) is 0 Å². The molecule has 2 aromatic carbocycles. The number of aromatic hydroxyl groups is 1. The fraction of sp³-hybridized carbons (Fsp3) is 0.133. The Morgan fingerprint density at radius 3 is 2.42 bits per heavy atom. The smallest absolute Gasteiger partial charge is 0.280 e. The number of phenols is 1. The number of halogens is 2. The number of nitrogens with one attached hydrogen (secondary N) is 1. The third-order valence-corrected chi connectivity index (χ3v) is 4.85. The molecule has 0 aliphatic rings. The van der Waals surface area contributed by atoms with Gasteiger partial charge >= 0.3 is 0 Å². The van der Waals surface area contributed by atoms with Gasteiger partial charge in [0, 0.05) is 0 Å². The Balaban J connectivity index is 2.26. The van der Waals surface area contributed by atoms with Crippen molar-refractivity contribution in [2.45, 2.75) is 11.8 Å². The molecule has 0 aliphatic carbocycles. The molecule has 2 N–H and O–H groups in total. The van der Waals surface area contributed by atoms with Crippen LogP contribution in [0.1, 0.15) is 11.1 Å². The number of sulfonamides is 1. The summed E-state index contributed by atoms with van der Waals surface area (Å²) in [6.45, 7) is 1.77. The zero-order valence-corrected chi connectivity index (χ0v) is 15.1. The minimum atomic E-state index is -3.91. The molecule has 24 heavy (non-hydrogen) atoms. The topological polar surface area (TPSA) is 88.0 Å². The van der Waals surface area contributed by atoms with E-state index in [1.807, 2.05) is 0 Å². The van der Waals surface area contributed by atoms with Gasteiger partial charge in [0.25, 0.3) is 10.0 Å². The van der Waals surface area contributed by atoms with Crippen molar-refractivity contribution >= 4 is 39.4 Å². The molecule has 0 aromatic heterocycles. The average Bonchev–Trinajstić information content (AvgIpc) is 2.52. The first kappa shape index (κ1) is 18.4. The number of ether oxygens (including phenoxy) is 1. The molecule has 0 amide bonds. The normalized spacial score (nSPS) is 11.7. The van der Waals surface area contributed by atoms with Gasteiger partial charge in [0.05, 0.1) is 23.4 Å². The third-order valence-electron chi connectivity index (χ3n) is 3.03. The Morgan fingerprint density at radius 1 is 1.21 bits per heavy atom. The van der Waals surface area contributed by atoms with E-state index in [4.69, 9.17) is 27.9 Å². The van der Waals surface area contributed by atoms with Crippen LogP contribution in [0.5, 0.6) is 11.5 Å². The van der Waals surface area contributed by atoms with E-state index in [2.05, 4.69) is 9.93 Å². The van der Waals surface area contributed by atoms with Crippen molar-refractivity contribution in [1.82, 2.24) is 4.83 Å². The number of hydrazone groups is 1. The molecule has 0 unspecified atom stereocenters. The van der Waals surface area contributed by atoms with E-state index in [0.717, 1.165) is 5.56 Å². The number of benzene rings is 2. The Bertz CT molecular complexity index is 875. The van der Waals surface area contributed by atoms with Crippen LogP contribution < -0.4 is 9.57 Å². The van der Waals surface area contributed by atoms with Crippen LogP contribution in [0.15, 0.2) is 40.3 Å². The van der Waals surface area contributed by atoms with Gasteiger partial charge in [-0.2, -0.15) is 18.4 Å². The average molecular weight is 389 g/mol. The highest BCUT2D eigenvalue weighted by molar-refractivity contribution is 7.89. The molecule has 128 valence electrons. The summed E-state index contributed by atoms with van der Waals surface area (Å²) in [7, 11) is -2.53. The summed E-state index contributed by atoms with van der Waals surface area (Å²) in [5, 5.41) is 13.2. The Kier molecular flexibility index (Phi) is 5.58. The maximum atomic E-state index is 12.3. The van der Waals surface area contributed by atoms with E-state index in [1.54, 1.807) is 19.1 Å². The van der Waals surface area contributed by atoms with Crippen LogP contribution in [0.2, 0.25) is 10.0 Å². The molecule has 0 atom stereocenters. The quantitative estimate of drug-likeness (QED) is 0.607. The lowest BCUT2D eigenvalue weighted by molar-refractivity contribution is 0.402. The molecule has 0 saturated carbocycles. The van der Waals surface area contributed by atoms with Gasteiger partial charge < -0.3 is 9.84 Å². The highest BCUT2D eigenvalue weighted by Gasteiger charge is 2.19. The van der Waals surface area contributed by atoms with Crippen LogP contribution in [0, 0.1) is 6.92 Å². The summed E-state index contributed by atoms with van der Waals surface area (Å²) in [5.74, 6) is -0.0421. The molecule has 6 nitrogen and oxygen atoms in total. The van der Waals surface area contributed by atoms with Gasteiger partial charge in [0.15, 0.2) is 5.75 Å². The van der Waals surface area contributed by atoms with Gasteiger partial charge in [-0.05, 0) is 42.3 Å². The minimum absolute atomic E-state index is 0.0241. The van der Waals surface area contributed by atoms with Gasteiger partial charge in [0.2, 0.25) is 0 Å². The van der Waals surface area contributed by atoms with Crippen molar-refractivity contribution in [2.75, 3.05) is 7.11 Å². The first-order chi connectivity index (χ1) is 11.2. The largest absolute Gasteiger partial charge is 0.505 e. The second-order valence-corrected chi connectivity index (χ2v) is 7.28. The molecule has 2 rings (SSSR count). The number of nitrogens with zero attached hydrogens (tertiary/aromatic N) is 1. The van der Waals surface area contributed by atoms with Gasteiger partial charge in [-0.3, -0.25) is 0 Å². The Morgan fingerprint density at radius 2 is 1.83 bits per heavy atom. The highest BCUT2D eigenvalue weighted by Crippen LogP contribution is 2.32. The lowest BCUT2D eigenvalue weighted by Gasteiger charge is -2.09. The molecule has 9 heteroatoms. The lowest BCUT2D eigenvalue weighted by Crippen LogP contribution is -2.19. The van der Waals surface area contributed by atoms with Gasteiger partial charge in [0.1, 0.15) is 10.6 Å². The predicted octanol–water partition coefficient (Wildman–Crippen LogP) is 3.33. The van der Waals surface area contributed by atoms with Crippen LogP contribution >= 0.6 is 23.2 Å². The third kappa shape index (κ3) is 4.11. The molecule has 0 heterocycles. The molecule has 0 fully saturated rings. The van der Waals surface area contributed by atoms with Crippen LogP contribution in [-0.4, -0.2) is 26.8 Å². The second kappa shape index (κ2) is 7.29. The summed E-state index contributed by atoms with van der Waals surface area (Å²) < 4.78 is 29.8. The zero-order chi connectivity index (χ0) is 17.9. The van der Waals surface area contributed by atoms with Crippen LogP contribution in [0.4, 0.5) is 0 Å². The number of aryl methyl sites for hydroxylation is 1. The van der Waals surface area contributed by atoms with Crippen LogP contribution in [0.3, 0.4) is 0 Å². The van der Waals surface area contributed by atoms with E-state index >= 15 is 0 Å². The van der Waals surface area contributed by atoms with Gasteiger partial charge in [-0.1, -0.05) is 29.3 Å². The number of hydrogen-bond acceptors (Lipinski definition) is 5. The zero-order valence-electron chi connectivity index (χ0n) is 12.7. The summed E-state index contributed by atoms with van der Waals surface area (Å²) in [6.07, 6.45) is 1.22. The highest BCUT2D eigenvalue weighted by atomic mass is 35.5. The Hall–Kier alpha value is -1.96. The van der Waals surface area contributed by atoms with E-state index in [1.165, 1.54) is 31.5 Å². The molecule has 0 radical (unpaired) electrons. The fourth-order valence-corrected chi connectivity index (χ4v) is 3.42. The van der Waals surface area contributed by atoms with Crippen LogP contribution in [0.25, 0.3) is 0 Å². The summed E-state index contributed by atoms with van der Waals surface area (Å²) in [4.78, 5) is 2.07. The maximum Gasteiger partial charge on any atom is 0.280 e. The van der Waals surface area contributed by atoms with Crippen molar-refractivity contribution in [3.8, 4) is 11.5 Å². The van der Waals surface area contributed by atoms with E-state index in [-0.39, 0.29) is 26.4 Å². The molecule has 2 aromatic rings. The number of rotatable bonds is 5. The van der Waals surface area contributed by atoms with E-state index in [0.29, 0.717) is 5.56 Å². The maximum absolute atomic E-state index is 12.3. The monoisotopic (exact) mass is 388 g/mol. The molecule has 0 bridgehead atoms. The standard InChI is InChI=1S/C15H14Cl2N2O4S/c1-9-3-4-13(23-2)14(5-9)24(21,22)19-18-8-10-6-11(16)15(20)12(17)7-10/h3-8,19-20H,1-2H3/b18-8+. The van der Waals surface area contributed by atoms with Crippen LogP contribution in [-0.2, 0) is 10.0 Å². The lowest BCUT2D eigenvalue weighted by atomic mass is 10.2.